The number of guanidine groups is 1. The molecular formula is C21H35IN4O2. The van der Waals surface area contributed by atoms with Gasteiger partial charge in [0.15, 0.2) is 5.96 Å². The molecule has 158 valence electrons. The van der Waals surface area contributed by atoms with Gasteiger partial charge in [-0.3, -0.25) is 4.79 Å². The lowest BCUT2D eigenvalue weighted by Gasteiger charge is -2.31. The molecule has 1 aromatic carbocycles. The molecule has 7 heteroatoms. The van der Waals surface area contributed by atoms with Gasteiger partial charge in [-0.2, -0.15) is 0 Å². The smallest absolute Gasteiger partial charge is 0.230 e. The number of amides is 1. The largest absolute Gasteiger partial charge is 0.494 e. The van der Waals surface area contributed by atoms with Crippen molar-refractivity contribution >= 4 is 35.8 Å². The number of nitrogens with one attached hydrogen (secondary N) is 2. The molecule has 0 aliphatic heterocycles. The first-order valence-electron chi connectivity index (χ1n) is 9.96. The van der Waals surface area contributed by atoms with Gasteiger partial charge in [0.25, 0.3) is 0 Å². The third-order valence-corrected chi connectivity index (χ3v) is 4.99. The molecule has 0 atom stereocenters. The highest BCUT2D eigenvalue weighted by Crippen LogP contribution is 2.38. The van der Waals surface area contributed by atoms with Gasteiger partial charge in [0.05, 0.1) is 18.6 Å². The molecular weight excluding hydrogens is 467 g/mol. The fourth-order valence-electron chi connectivity index (χ4n) is 3.66. The van der Waals surface area contributed by atoms with Gasteiger partial charge in [0.2, 0.25) is 5.91 Å². The van der Waals surface area contributed by atoms with Crippen LogP contribution in [0.15, 0.2) is 29.3 Å². The Balaban J connectivity index is 0.00000392. The van der Waals surface area contributed by atoms with Crippen molar-refractivity contribution < 1.29 is 9.53 Å². The average Bonchev–Trinajstić information content (AvgIpc) is 3.14. The number of nitrogens with zero attached hydrogens (tertiary/aromatic N) is 2. The molecule has 2 N–H and O–H groups in total. The molecule has 2 rings (SSSR count). The van der Waals surface area contributed by atoms with Crippen molar-refractivity contribution in [2.75, 3.05) is 33.8 Å². The fraction of sp³-hybridized carbons (Fsp3) is 0.619. The van der Waals surface area contributed by atoms with Crippen LogP contribution in [0.1, 0.15) is 45.1 Å². The average molecular weight is 502 g/mol. The second-order valence-corrected chi connectivity index (χ2v) is 7.32. The summed E-state index contributed by atoms with van der Waals surface area (Å²) >= 11 is 0. The molecule has 1 saturated carbocycles. The summed E-state index contributed by atoms with van der Waals surface area (Å²) in [5.74, 6) is 1.83. The first-order valence-corrected chi connectivity index (χ1v) is 9.96. The SMILES string of the molecule is CCNC(=NCc1cccc(OCC)c1)NCC1(C(=O)N(C)C)CCCC1.I. The lowest BCUT2D eigenvalue weighted by Crippen LogP contribution is -2.49. The van der Waals surface area contributed by atoms with E-state index in [1.165, 1.54) is 0 Å². The Hall–Kier alpha value is -1.51. The van der Waals surface area contributed by atoms with E-state index in [1.807, 2.05) is 52.2 Å². The maximum atomic E-state index is 12.7. The zero-order valence-corrected chi connectivity index (χ0v) is 19.9. The summed E-state index contributed by atoms with van der Waals surface area (Å²) in [6.07, 6.45) is 4.10. The zero-order valence-electron chi connectivity index (χ0n) is 17.6. The van der Waals surface area contributed by atoms with Crippen LogP contribution < -0.4 is 15.4 Å². The normalized spacial score (nSPS) is 15.5. The molecule has 1 fully saturated rings. The van der Waals surface area contributed by atoms with Crippen LogP contribution in [-0.2, 0) is 11.3 Å². The molecule has 0 unspecified atom stereocenters. The second-order valence-electron chi connectivity index (χ2n) is 7.32. The van der Waals surface area contributed by atoms with E-state index in [4.69, 9.17) is 9.73 Å². The maximum Gasteiger partial charge on any atom is 0.230 e. The number of carbonyl (C=O) groups is 1. The number of ether oxygens (including phenoxy) is 1. The van der Waals surface area contributed by atoms with E-state index in [-0.39, 0.29) is 35.3 Å². The van der Waals surface area contributed by atoms with Gasteiger partial charge < -0.3 is 20.3 Å². The molecule has 1 aliphatic rings. The van der Waals surface area contributed by atoms with Crippen molar-refractivity contribution in [2.45, 2.75) is 46.1 Å². The van der Waals surface area contributed by atoms with Crippen LogP contribution in [0.4, 0.5) is 0 Å². The highest BCUT2D eigenvalue weighted by Gasteiger charge is 2.42. The molecule has 6 nitrogen and oxygen atoms in total. The van der Waals surface area contributed by atoms with Crippen molar-refractivity contribution in [2.24, 2.45) is 10.4 Å². The van der Waals surface area contributed by atoms with Gasteiger partial charge in [-0.1, -0.05) is 25.0 Å². The minimum atomic E-state index is -0.311. The number of halogens is 1. The van der Waals surface area contributed by atoms with Crippen LogP contribution in [-0.4, -0.2) is 50.6 Å². The van der Waals surface area contributed by atoms with Crippen LogP contribution in [0.25, 0.3) is 0 Å². The van der Waals surface area contributed by atoms with E-state index in [0.29, 0.717) is 19.7 Å². The minimum absolute atomic E-state index is 0. The Morgan fingerprint density at radius 2 is 1.93 bits per heavy atom. The Bertz CT molecular complexity index is 643. The highest BCUT2D eigenvalue weighted by atomic mass is 127. The number of hydrogen-bond donors (Lipinski definition) is 2. The molecule has 0 saturated heterocycles. The fourth-order valence-corrected chi connectivity index (χ4v) is 3.66. The van der Waals surface area contributed by atoms with Gasteiger partial charge in [0, 0.05) is 27.2 Å². The van der Waals surface area contributed by atoms with E-state index in [0.717, 1.165) is 49.5 Å². The molecule has 28 heavy (non-hydrogen) atoms. The predicted molar refractivity (Wildman–Crippen MR) is 125 cm³/mol. The summed E-state index contributed by atoms with van der Waals surface area (Å²) in [4.78, 5) is 19.1. The van der Waals surface area contributed by atoms with Crippen molar-refractivity contribution in [3.05, 3.63) is 29.8 Å². The van der Waals surface area contributed by atoms with E-state index in [9.17, 15) is 4.79 Å². The number of rotatable bonds is 8. The maximum absolute atomic E-state index is 12.7. The number of aliphatic imine (C=N–C) groups is 1. The molecule has 0 heterocycles. The summed E-state index contributed by atoms with van der Waals surface area (Å²) in [6, 6.07) is 8.00. The van der Waals surface area contributed by atoms with Gasteiger partial charge >= 0.3 is 0 Å². The summed E-state index contributed by atoms with van der Waals surface area (Å²) < 4.78 is 5.56. The standard InChI is InChI=1S/C21H34N4O2.HI/c1-5-22-20(23-15-17-10-9-11-18(14-17)27-6-2)24-16-21(12-7-8-13-21)19(26)25(3)4;/h9-11,14H,5-8,12-13,15-16H2,1-4H3,(H2,22,23,24);1H. The van der Waals surface area contributed by atoms with Crippen molar-refractivity contribution in [3.63, 3.8) is 0 Å². The van der Waals surface area contributed by atoms with E-state index in [2.05, 4.69) is 10.6 Å². The highest BCUT2D eigenvalue weighted by molar-refractivity contribution is 14.0. The van der Waals surface area contributed by atoms with Crippen LogP contribution in [0.5, 0.6) is 5.75 Å². The van der Waals surface area contributed by atoms with Crippen molar-refractivity contribution in [1.82, 2.24) is 15.5 Å². The zero-order chi connectivity index (χ0) is 19.7. The topological polar surface area (TPSA) is 66.0 Å². The van der Waals surface area contributed by atoms with Crippen molar-refractivity contribution in [1.29, 1.82) is 0 Å². The van der Waals surface area contributed by atoms with E-state index in [1.54, 1.807) is 4.90 Å². The summed E-state index contributed by atoms with van der Waals surface area (Å²) in [5, 5.41) is 6.69. The Kier molecular flexibility index (Phi) is 10.6. The van der Waals surface area contributed by atoms with Crippen LogP contribution >= 0.6 is 24.0 Å². The molecule has 0 spiro atoms. The number of carbonyl (C=O) groups excluding carboxylic acids is 1. The molecule has 0 radical (unpaired) electrons. The summed E-state index contributed by atoms with van der Waals surface area (Å²) in [6.45, 7) is 6.63. The quantitative estimate of drug-likeness (QED) is 0.325. The lowest BCUT2D eigenvalue weighted by molar-refractivity contribution is -0.138. The number of benzene rings is 1. The summed E-state index contributed by atoms with van der Waals surface area (Å²) in [5.41, 5.74) is 0.785. The second kappa shape index (κ2) is 12.1. The van der Waals surface area contributed by atoms with Gasteiger partial charge in [-0.25, -0.2) is 4.99 Å². The Morgan fingerprint density at radius 1 is 1.21 bits per heavy atom. The third kappa shape index (κ3) is 6.83. The van der Waals surface area contributed by atoms with Gasteiger partial charge in [0.1, 0.15) is 5.75 Å². The predicted octanol–water partition coefficient (Wildman–Crippen LogP) is 3.41. The first-order chi connectivity index (χ1) is 13.0. The van der Waals surface area contributed by atoms with Gasteiger partial charge in [-0.05, 0) is 44.4 Å². The molecule has 1 amide bonds. The monoisotopic (exact) mass is 502 g/mol. The molecule has 1 aromatic rings. The van der Waals surface area contributed by atoms with Crippen molar-refractivity contribution in [3.8, 4) is 5.75 Å². The van der Waals surface area contributed by atoms with E-state index >= 15 is 0 Å². The molecule has 0 bridgehead atoms. The van der Waals surface area contributed by atoms with Crippen LogP contribution in [0.3, 0.4) is 0 Å². The van der Waals surface area contributed by atoms with E-state index < -0.39 is 0 Å². The summed E-state index contributed by atoms with van der Waals surface area (Å²) in [7, 11) is 3.68. The molecule has 1 aliphatic carbocycles. The first kappa shape index (κ1) is 24.5. The van der Waals surface area contributed by atoms with Crippen LogP contribution in [0.2, 0.25) is 0 Å². The Morgan fingerprint density at radius 3 is 2.54 bits per heavy atom. The van der Waals surface area contributed by atoms with Gasteiger partial charge in [-0.15, -0.1) is 24.0 Å². The Labute approximate surface area is 186 Å². The number of hydrogen-bond acceptors (Lipinski definition) is 3. The lowest BCUT2D eigenvalue weighted by atomic mass is 9.84. The van der Waals surface area contributed by atoms with Crippen LogP contribution in [0, 0.1) is 5.41 Å². The third-order valence-electron chi connectivity index (χ3n) is 4.99. The minimum Gasteiger partial charge on any atom is -0.494 e. The molecule has 0 aromatic heterocycles.